The van der Waals surface area contributed by atoms with Crippen LogP contribution in [0, 0.1) is 13.8 Å². The number of urea groups is 1. The number of carbonyl (C=O) groups excluding carboxylic acids is 3. The second kappa shape index (κ2) is 7.58. The molecule has 0 radical (unpaired) electrons. The molecular weight excluding hydrogens is 370 g/mol. The van der Waals surface area contributed by atoms with Crippen LogP contribution in [0.1, 0.15) is 23.6 Å². The van der Waals surface area contributed by atoms with Gasteiger partial charge < -0.3 is 15.0 Å². The highest BCUT2D eigenvalue weighted by Gasteiger charge is 2.49. The number of carbonyl (C=O) groups is 3. The first-order valence-corrected chi connectivity index (χ1v) is 9.29. The zero-order valence-electron chi connectivity index (χ0n) is 17.3. The highest BCUT2D eigenvalue weighted by Crippen LogP contribution is 2.30. The van der Waals surface area contributed by atoms with E-state index in [-0.39, 0.29) is 12.5 Å². The van der Waals surface area contributed by atoms with E-state index in [1.54, 1.807) is 45.3 Å². The van der Waals surface area contributed by atoms with Crippen LogP contribution in [0.5, 0.6) is 5.75 Å². The van der Waals surface area contributed by atoms with E-state index in [1.807, 2.05) is 32.0 Å². The molecule has 0 aliphatic carbocycles. The number of amides is 4. The predicted octanol–water partition coefficient (Wildman–Crippen LogP) is 2.74. The maximum atomic E-state index is 13.0. The molecule has 1 aliphatic heterocycles. The van der Waals surface area contributed by atoms with Crippen LogP contribution >= 0.6 is 0 Å². The molecule has 1 unspecified atom stereocenters. The van der Waals surface area contributed by atoms with Crippen LogP contribution in [0.3, 0.4) is 0 Å². The fraction of sp³-hybridized carbons (Fsp3) is 0.318. The monoisotopic (exact) mass is 395 g/mol. The first-order chi connectivity index (χ1) is 13.7. The molecule has 0 spiro atoms. The number of methoxy groups -OCH3 is 1. The average molecular weight is 395 g/mol. The van der Waals surface area contributed by atoms with E-state index >= 15 is 0 Å². The van der Waals surface area contributed by atoms with Crippen LogP contribution in [0.4, 0.5) is 10.5 Å². The van der Waals surface area contributed by atoms with Gasteiger partial charge in [-0.15, -0.1) is 0 Å². The van der Waals surface area contributed by atoms with Crippen molar-refractivity contribution in [2.24, 2.45) is 0 Å². The molecule has 0 bridgehead atoms. The first-order valence-electron chi connectivity index (χ1n) is 9.29. The number of likely N-dealkylation sites (N-methyl/N-ethyl adjacent to an activating group) is 1. The van der Waals surface area contributed by atoms with E-state index in [4.69, 9.17) is 4.74 Å². The van der Waals surface area contributed by atoms with Crippen molar-refractivity contribution in [2.45, 2.75) is 26.3 Å². The summed E-state index contributed by atoms with van der Waals surface area (Å²) in [6.45, 7) is 5.20. The fourth-order valence-electron chi connectivity index (χ4n) is 3.49. The second-order valence-electron chi connectivity index (χ2n) is 7.47. The Morgan fingerprint density at radius 1 is 1.10 bits per heavy atom. The zero-order chi connectivity index (χ0) is 21.3. The van der Waals surface area contributed by atoms with Gasteiger partial charge >= 0.3 is 6.03 Å². The summed E-state index contributed by atoms with van der Waals surface area (Å²) in [7, 11) is 3.19. The minimum Gasteiger partial charge on any atom is -0.497 e. The van der Waals surface area contributed by atoms with E-state index in [0.717, 1.165) is 21.7 Å². The third kappa shape index (κ3) is 3.81. The Balaban J connectivity index is 1.79. The highest BCUT2D eigenvalue weighted by molar-refractivity contribution is 6.10. The molecule has 1 atom stereocenters. The van der Waals surface area contributed by atoms with Crippen LogP contribution in [0.25, 0.3) is 0 Å². The first kappa shape index (κ1) is 20.4. The quantitative estimate of drug-likeness (QED) is 0.790. The number of anilines is 1. The zero-order valence-corrected chi connectivity index (χ0v) is 17.3. The molecule has 1 saturated heterocycles. The van der Waals surface area contributed by atoms with Gasteiger partial charge in [0.05, 0.1) is 7.11 Å². The normalized spacial score (nSPS) is 18.6. The van der Waals surface area contributed by atoms with Gasteiger partial charge in [-0.1, -0.05) is 18.2 Å². The van der Waals surface area contributed by atoms with Crippen molar-refractivity contribution in [3.05, 3.63) is 59.2 Å². The van der Waals surface area contributed by atoms with E-state index in [1.165, 1.54) is 4.90 Å². The van der Waals surface area contributed by atoms with Crippen molar-refractivity contribution in [1.82, 2.24) is 10.2 Å². The Labute approximate surface area is 170 Å². The fourth-order valence-corrected chi connectivity index (χ4v) is 3.49. The summed E-state index contributed by atoms with van der Waals surface area (Å²) in [6.07, 6.45) is 0. The molecule has 152 valence electrons. The second-order valence-corrected chi connectivity index (χ2v) is 7.47. The van der Waals surface area contributed by atoms with E-state index in [9.17, 15) is 14.4 Å². The van der Waals surface area contributed by atoms with Gasteiger partial charge in [0, 0.05) is 12.7 Å². The Hall–Kier alpha value is -3.35. The minimum absolute atomic E-state index is 0.333. The van der Waals surface area contributed by atoms with Gasteiger partial charge in [0.1, 0.15) is 17.8 Å². The Morgan fingerprint density at radius 2 is 1.69 bits per heavy atom. The Morgan fingerprint density at radius 3 is 2.24 bits per heavy atom. The lowest BCUT2D eigenvalue weighted by atomic mass is 9.92. The number of nitrogens with zero attached hydrogens (tertiary/aromatic N) is 2. The molecule has 29 heavy (non-hydrogen) atoms. The van der Waals surface area contributed by atoms with Crippen LogP contribution in [-0.2, 0) is 15.1 Å². The number of nitrogens with one attached hydrogen (secondary N) is 1. The molecule has 1 heterocycles. The van der Waals surface area contributed by atoms with Gasteiger partial charge in [0.25, 0.3) is 5.91 Å². The molecule has 7 nitrogen and oxygen atoms in total. The number of hydrogen-bond donors (Lipinski definition) is 1. The summed E-state index contributed by atoms with van der Waals surface area (Å²) in [6, 6.07) is 12.1. The third-order valence-electron chi connectivity index (χ3n) is 5.20. The smallest absolute Gasteiger partial charge is 0.325 e. The Bertz CT molecular complexity index is 950. The van der Waals surface area contributed by atoms with E-state index in [2.05, 4.69) is 5.32 Å². The molecule has 2 aromatic rings. The average Bonchev–Trinajstić information content (AvgIpc) is 2.90. The molecule has 1 N–H and O–H groups in total. The van der Waals surface area contributed by atoms with Crippen LogP contribution in [0.2, 0.25) is 0 Å². The number of rotatable bonds is 5. The number of ether oxygens (including phenoxy) is 1. The van der Waals surface area contributed by atoms with Crippen molar-refractivity contribution in [3.8, 4) is 5.75 Å². The van der Waals surface area contributed by atoms with Crippen molar-refractivity contribution >= 4 is 23.5 Å². The summed E-state index contributed by atoms with van der Waals surface area (Å²) in [4.78, 5) is 40.7. The summed E-state index contributed by atoms with van der Waals surface area (Å²) in [5, 5.41) is 2.71. The lowest BCUT2D eigenvalue weighted by Gasteiger charge is -2.23. The van der Waals surface area contributed by atoms with Gasteiger partial charge in [-0.2, -0.15) is 0 Å². The van der Waals surface area contributed by atoms with Crippen LogP contribution in [0.15, 0.2) is 42.5 Å². The van der Waals surface area contributed by atoms with E-state index in [0.29, 0.717) is 11.3 Å². The standard InChI is InChI=1S/C22H25N3O4/c1-14-10-15(2)12-17(11-14)24(4)19(26)13-25-20(27)22(3,23-21(25)28)16-6-8-18(29-5)9-7-16/h6-12H,13H2,1-5H3,(H,23,28). The SMILES string of the molecule is COc1ccc(C2(C)NC(=O)N(CC(=O)N(C)c3cc(C)cc(C)c3)C2=O)cc1. The molecule has 7 heteroatoms. The van der Waals surface area contributed by atoms with Gasteiger partial charge in [0.2, 0.25) is 5.91 Å². The minimum atomic E-state index is -1.23. The summed E-state index contributed by atoms with van der Waals surface area (Å²) >= 11 is 0. The van der Waals surface area contributed by atoms with Crippen molar-refractivity contribution in [1.29, 1.82) is 0 Å². The van der Waals surface area contributed by atoms with Gasteiger partial charge in [0.15, 0.2) is 0 Å². The van der Waals surface area contributed by atoms with Crippen molar-refractivity contribution < 1.29 is 19.1 Å². The molecule has 1 aliphatic rings. The van der Waals surface area contributed by atoms with Gasteiger partial charge in [-0.05, 0) is 61.7 Å². The number of hydrogen-bond acceptors (Lipinski definition) is 4. The molecule has 0 aromatic heterocycles. The molecule has 4 amide bonds. The predicted molar refractivity (Wildman–Crippen MR) is 110 cm³/mol. The maximum absolute atomic E-state index is 13.0. The summed E-state index contributed by atoms with van der Waals surface area (Å²) in [5.74, 6) is -0.163. The molecular formula is C22H25N3O4. The van der Waals surface area contributed by atoms with Gasteiger partial charge in [-0.3, -0.25) is 14.5 Å². The van der Waals surface area contributed by atoms with Crippen LogP contribution < -0.4 is 15.0 Å². The number of aryl methyl sites for hydroxylation is 2. The lowest BCUT2D eigenvalue weighted by molar-refractivity contribution is -0.134. The largest absolute Gasteiger partial charge is 0.497 e. The number of imide groups is 1. The third-order valence-corrected chi connectivity index (χ3v) is 5.20. The van der Waals surface area contributed by atoms with Crippen LogP contribution in [-0.4, -0.2) is 43.4 Å². The number of benzene rings is 2. The topological polar surface area (TPSA) is 79.0 Å². The van der Waals surface area contributed by atoms with E-state index < -0.39 is 17.5 Å². The van der Waals surface area contributed by atoms with Crippen molar-refractivity contribution in [2.75, 3.05) is 25.6 Å². The molecule has 2 aromatic carbocycles. The lowest BCUT2D eigenvalue weighted by Crippen LogP contribution is -2.43. The molecule has 0 saturated carbocycles. The maximum Gasteiger partial charge on any atom is 0.325 e. The summed E-state index contributed by atoms with van der Waals surface area (Å²) < 4.78 is 5.14. The van der Waals surface area contributed by atoms with Gasteiger partial charge in [-0.25, -0.2) is 4.79 Å². The molecule has 3 rings (SSSR count). The van der Waals surface area contributed by atoms with Crippen molar-refractivity contribution in [3.63, 3.8) is 0 Å². The Kier molecular flexibility index (Phi) is 5.33. The molecule has 1 fully saturated rings. The highest BCUT2D eigenvalue weighted by atomic mass is 16.5. The summed E-state index contributed by atoms with van der Waals surface area (Å²) in [5.41, 5.74) is 2.16.